The molecule has 2 aliphatic rings. The summed E-state index contributed by atoms with van der Waals surface area (Å²) in [4.78, 5) is 17.5. The molecule has 1 unspecified atom stereocenters. The SMILES string of the molecule is CCN(C)C1CCN(c2ccc(S(=O)(=O)N3CCN(C)CC3)cc2[N+](=O)[O-])C1. The number of nitrogens with zero attached hydrogens (tertiary/aromatic N) is 5. The van der Waals surface area contributed by atoms with Crippen molar-refractivity contribution in [2.45, 2.75) is 24.3 Å². The molecule has 0 aromatic heterocycles. The van der Waals surface area contributed by atoms with E-state index in [2.05, 4.69) is 16.7 Å². The summed E-state index contributed by atoms with van der Waals surface area (Å²) >= 11 is 0. The fourth-order valence-corrected chi connectivity index (χ4v) is 5.28. The Morgan fingerprint density at radius 2 is 1.89 bits per heavy atom. The molecule has 0 aliphatic carbocycles. The second-order valence-corrected chi connectivity index (χ2v) is 9.51. The zero-order chi connectivity index (χ0) is 20.5. The number of benzene rings is 1. The van der Waals surface area contributed by atoms with Crippen molar-refractivity contribution in [1.82, 2.24) is 14.1 Å². The molecule has 0 spiro atoms. The van der Waals surface area contributed by atoms with Crippen molar-refractivity contribution in [2.24, 2.45) is 0 Å². The molecule has 1 aromatic carbocycles. The summed E-state index contributed by atoms with van der Waals surface area (Å²) in [5.74, 6) is 0. The average Bonchev–Trinajstić information content (AvgIpc) is 3.17. The average molecular weight is 412 g/mol. The molecule has 0 saturated carbocycles. The third-order valence-electron chi connectivity index (χ3n) is 5.87. The Bertz CT molecular complexity index is 823. The standard InChI is InChI=1S/C18H29N5O4S/c1-4-20(3)15-7-8-21(14-15)17-6-5-16(13-18(17)23(24)25)28(26,27)22-11-9-19(2)10-12-22/h5-6,13,15H,4,7-12,14H2,1-3H3. The number of nitro groups is 1. The van der Waals surface area contributed by atoms with Crippen molar-refractivity contribution in [3.63, 3.8) is 0 Å². The van der Waals surface area contributed by atoms with Crippen LogP contribution >= 0.6 is 0 Å². The minimum Gasteiger partial charge on any atom is -0.364 e. The molecule has 2 aliphatic heterocycles. The van der Waals surface area contributed by atoms with Crippen LogP contribution in [0.5, 0.6) is 0 Å². The highest BCUT2D eigenvalue weighted by Gasteiger charge is 2.33. The highest BCUT2D eigenvalue weighted by Crippen LogP contribution is 2.34. The summed E-state index contributed by atoms with van der Waals surface area (Å²) in [6.45, 7) is 6.53. The lowest BCUT2D eigenvalue weighted by atomic mass is 10.2. The van der Waals surface area contributed by atoms with E-state index < -0.39 is 14.9 Å². The molecule has 2 fully saturated rings. The van der Waals surface area contributed by atoms with Gasteiger partial charge >= 0.3 is 0 Å². The van der Waals surface area contributed by atoms with Crippen molar-refractivity contribution in [3.8, 4) is 0 Å². The van der Waals surface area contributed by atoms with Gasteiger partial charge in [-0.3, -0.25) is 10.1 Å². The molecule has 9 nitrogen and oxygen atoms in total. The fourth-order valence-electron chi connectivity index (χ4n) is 3.83. The monoisotopic (exact) mass is 411 g/mol. The molecule has 2 saturated heterocycles. The van der Waals surface area contributed by atoms with Crippen LogP contribution in [0.1, 0.15) is 13.3 Å². The van der Waals surface area contributed by atoms with Crippen LogP contribution in [0.3, 0.4) is 0 Å². The number of anilines is 1. The van der Waals surface area contributed by atoms with Crippen molar-refractivity contribution in [2.75, 3.05) is 64.8 Å². The molecule has 0 N–H and O–H groups in total. The maximum Gasteiger partial charge on any atom is 0.293 e. The van der Waals surface area contributed by atoms with Gasteiger partial charge in [0.25, 0.3) is 5.69 Å². The zero-order valence-corrected chi connectivity index (χ0v) is 17.6. The first-order valence-corrected chi connectivity index (χ1v) is 11.1. The number of hydrogen-bond donors (Lipinski definition) is 0. The highest BCUT2D eigenvalue weighted by molar-refractivity contribution is 7.89. The second-order valence-electron chi connectivity index (χ2n) is 7.58. The normalized spacial score (nSPS) is 22.1. The van der Waals surface area contributed by atoms with Crippen molar-refractivity contribution in [3.05, 3.63) is 28.3 Å². The summed E-state index contributed by atoms with van der Waals surface area (Å²) in [6.07, 6.45) is 0.933. The molecule has 156 valence electrons. The molecular weight excluding hydrogens is 382 g/mol. The van der Waals surface area contributed by atoms with E-state index in [1.807, 2.05) is 19.0 Å². The van der Waals surface area contributed by atoms with Gasteiger partial charge in [-0.2, -0.15) is 4.31 Å². The summed E-state index contributed by atoms with van der Waals surface area (Å²) < 4.78 is 27.3. The van der Waals surface area contributed by atoms with Crippen molar-refractivity contribution < 1.29 is 13.3 Å². The third kappa shape index (κ3) is 4.14. The molecule has 1 atom stereocenters. The van der Waals surface area contributed by atoms with E-state index in [9.17, 15) is 18.5 Å². The molecule has 0 radical (unpaired) electrons. The number of piperazine rings is 1. The first kappa shape index (κ1) is 21.0. The van der Waals surface area contributed by atoms with E-state index in [1.54, 1.807) is 6.07 Å². The van der Waals surface area contributed by atoms with E-state index in [4.69, 9.17) is 0 Å². The quantitative estimate of drug-likeness (QED) is 0.511. The van der Waals surface area contributed by atoms with E-state index in [1.165, 1.54) is 16.4 Å². The Morgan fingerprint density at radius 1 is 1.21 bits per heavy atom. The summed E-state index contributed by atoms with van der Waals surface area (Å²) in [5.41, 5.74) is 0.351. The van der Waals surface area contributed by atoms with Gasteiger partial charge in [0.2, 0.25) is 10.0 Å². The number of rotatable bonds is 6. The van der Waals surface area contributed by atoms with Crippen LogP contribution in [0.15, 0.2) is 23.1 Å². The third-order valence-corrected chi connectivity index (χ3v) is 7.76. The lowest BCUT2D eigenvalue weighted by molar-refractivity contribution is -0.384. The van der Waals surface area contributed by atoms with Crippen LogP contribution < -0.4 is 4.90 Å². The van der Waals surface area contributed by atoms with Crippen molar-refractivity contribution >= 4 is 21.4 Å². The minimum absolute atomic E-state index is 0.00562. The molecule has 3 rings (SSSR count). The molecule has 2 heterocycles. The van der Waals surface area contributed by atoms with E-state index in [-0.39, 0.29) is 10.6 Å². The molecule has 28 heavy (non-hydrogen) atoms. The van der Waals surface area contributed by atoms with Gasteiger partial charge in [0.05, 0.1) is 9.82 Å². The molecule has 0 bridgehead atoms. The Hall–Kier alpha value is -1.75. The minimum atomic E-state index is -3.73. The molecule has 10 heteroatoms. The maximum absolute atomic E-state index is 12.9. The van der Waals surface area contributed by atoms with Crippen LogP contribution in [0.2, 0.25) is 0 Å². The second kappa shape index (κ2) is 8.32. The van der Waals surface area contributed by atoms with E-state index >= 15 is 0 Å². The Balaban J connectivity index is 1.87. The fraction of sp³-hybridized carbons (Fsp3) is 0.667. The van der Waals surface area contributed by atoms with Gasteiger partial charge in [-0.15, -0.1) is 0 Å². The lowest BCUT2D eigenvalue weighted by Crippen LogP contribution is -2.47. The van der Waals surface area contributed by atoms with Gasteiger partial charge < -0.3 is 14.7 Å². The van der Waals surface area contributed by atoms with Gasteiger partial charge in [0.1, 0.15) is 5.69 Å². The van der Waals surface area contributed by atoms with E-state index in [0.717, 1.165) is 19.5 Å². The predicted molar refractivity (Wildman–Crippen MR) is 108 cm³/mol. The number of nitro benzene ring substituents is 1. The Kier molecular flexibility index (Phi) is 6.23. The first-order valence-electron chi connectivity index (χ1n) is 9.66. The summed E-state index contributed by atoms with van der Waals surface area (Å²) in [7, 11) is 0.263. The van der Waals surface area contributed by atoms with Crippen LogP contribution in [0.4, 0.5) is 11.4 Å². The molecule has 1 aromatic rings. The van der Waals surface area contributed by atoms with Crippen LogP contribution in [0, 0.1) is 10.1 Å². The van der Waals surface area contributed by atoms with Crippen molar-refractivity contribution in [1.29, 1.82) is 0 Å². The zero-order valence-electron chi connectivity index (χ0n) is 16.7. The number of hydrogen-bond acceptors (Lipinski definition) is 7. The van der Waals surface area contributed by atoms with E-state index in [0.29, 0.717) is 44.5 Å². The van der Waals surface area contributed by atoms with Gasteiger partial charge in [0.15, 0.2) is 0 Å². The van der Waals surface area contributed by atoms with Crippen LogP contribution in [0.25, 0.3) is 0 Å². The number of likely N-dealkylation sites (N-methyl/N-ethyl adjacent to an activating group) is 2. The van der Waals surface area contributed by atoms with Crippen LogP contribution in [-0.2, 0) is 10.0 Å². The van der Waals surface area contributed by atoms with Crippen LogP contribution in [-0.4, -0.2) is 93.4 Å². The van der Waals surface area contributed by atoms with Gasteiger partial charge in [0, 0.05) is 51.4 Å². The Morgan fingerprint density at radius 3 is 2.50 bits per heavy atom. The molecular formula is C18H29N5O4S. The summed E-state index contributed by atoms with van der Waals surface area (Å²) in [5, 5.41) is 11.7. The maximum atomic E-state index is 12.9. The smallest absolute Gasteiger partial charge is 0.293 e. The summed E-state index contributed by atoms with van der Waals surface area (Å²) in [6, 6.07) is 4.67. The van der Waals surface area contributed by atoms with Gasteiger partial charge in [-0.25, -0.2) is 8.42 Å². The first-order chi connectivity index (χ1) is 13.2. The molecule has 0 amide bonds. The number of sulfonamides is 1. The lowest BCUT2D eigenvalue weighted by Gasteiger charge is -2.31. The Labute approximate surface area is 166 Å². The largest absolute Gasteiger partial charge is 0.364 e. The highest BCUT2D eigenvalue weighted by atomic mass is 32.2. The topological polar surface area (TPSA) is 90.2 Å². The van der Waals surface area contributed by atoms with Gasteiger partial charge in [-0.05, 0) is 39.2 Å². The predicted octanol–water partition coefficient (Wildman–Crippen LogP) is 1.06. The van der Waals surface area contributed by atoms with Gasteiger partial charge in [-0.1, -0.05) is 6.92 Å².